The van der Waals surface area contributed by atoms with Crippen molar-refractivity contribution in [3.8, 4) is 11.3 Å². The van der Waals surface area contributed by atoms with E-state index in [4.69, 9.17) is 0 Å². The van der Waals surface area contributed by atoms with Crippen LogP contribution < -0.4 is 5.32 Å². The SMILES string of the molecule is CS(=O)CCC(=O)NC1CC(c2c(-c3ccc(F)cc3)[nH]c3c(F)cc(F)cc23)C1. The van der Waals surface area contributed by atoms with Crippen LogP contribution >= 0.6 is 0 Å². The van der Waals surface area contributed by atoms with Crippen LogP contribution in [0.4, 0.5) is 13.2 Å². The summed E-state index contributed by atoms with van der Waals surface area (Å²) in [5.74, 6) is -1.57. The van der Waals surface area contributed by atoms with Crippen molar-refractivity contribution >= 4 is 27.6 Å². The van der Waals surface area contributed by atoms with Gasteiger partial charge in [0.1, 0.15) is 17.5 Å². The molecule has 4 nitrogen and oxygen atoms in total. The molecule has 1 aliphatic rings. The molecule has 0 bridgehead atoms. The van der Waals surface area contributed by atoms with Crippen LogP contribution in [0.3, 0.4) is 0 Å². The molecule has 1 unspecified atom stereocenters. The molecule has 1 aliphatic carbocycles. The summed E-state index contributed by atoms with van der Waals surface area (Å²) in [6.45, 7) is 0. The first-order chi connectivity index (χ1) is 14.3. The standard InChI is InChI=1S/C22H21F3N2O2S/c1-30(29)7-6-19(28)26-16-8-13(9-16)20-17-10-15(24)11-18(25)22(17)27-21(20)12-2-4-14(23)5-3-12/h2-5,10-11,13,16,27H,6-9H2,1H3,(H,26,28). The molecule has 0 radical (unpaired) electrons. The number of benzene rings is 2. The van der Waals surface area contributed by atoms with Gasteiger partial charge in [-0.1, -0.05) is 0 Å². The fourth-order valence-corrected chi connectivity index (χ4v) is 4.49. The first-order valence-corrected chi connectivity index (χ1v) is 11.4. The normalized spacial score (nSPS) is 19.5. The largest absolute Gasteiger partial charge is 0.353 e. The fraction of sp³-hybridized carbons (Fsp3) is 0.318. The lowest BCUT2D eigenvalue weighted by atomic mass is 9.74. The summed E-state index contributed by atoms with van der Waals surface area (Å²) in [5.41, 5.74) is 2.30. The molecule has 30 heavy (non-hydrogen) atoms. The molecule has 0 saturated heterocycles. The van der Waals surface area contributed by atoms with Crippen LogP contribution in [-0.4, -0.2) is 33.2 Å². The Kier molecular flexibility index (Phi) is 5.69. The number of aromatic amines is 1. The molecule has 2 aromatic carbocycles. The van der Waals surface area contributed by atoms with Gasteiger partial charge in [0, 0.05) is 46.7 Å². The average molecular weight is 434 g/mol. The second-order valence-electron chi connectivity index (χ2n) is 7.69. The van der Waals surface area contributed by atoms with Crippen molar-refractivity contribution in [1.82, 2.24) is 10.3 Å². The van der Waals surface area contributed by atoms with Crippen LogP contribution in [0.5, 0.6) is 0 Å². The summed E-state index contributed by atoms with van der Waals surface area (Å²) in [6, 6.07) is 7.93. The monoisotopic (exact) mass is 434 g/mol. The number of nitrogens with one attached hydrogen (secondary N) is 2. The van der Waals surface area contributed by atoms with Crippen molar-refractivity contribution in [1.29, 1.82) is 0 Å². The van der Waals surface area contributed by atoms with Crippen LogP contribution in [-0.2, 0) is 15.6 Å². The lowest BCUT2D eigenvalue weighted by Crippen LogP contribution is -2.43. The maximum atomic E-state index is 14.4. The Morgan fingerprint density at radius 3 is 2.50 bits per heavy atom. The van der Waals surface area contributed by atoms with Crippen LogP contribution in [0, 0.1) is 17.5 Å². The number of rotatable bonds is 6. The van der Waals surface area contributed by atoms with Gasteiger partial charge in [0.05, 0.1) is 11.2 Å². The summed E-state index contributed by atoms with van der Waals surface area (Å²) >= 11 is 0. The van der Waals surface area contributed by atoms with Gasteiger partial charge in [-0.15, -0.1) is 0 Å². The lowest BCUT2D eigenvalue weighted by molar-refractivity contribution is -0.122. The Bertz CT molecular complexity index is 1120. The highest BCUT2D eigenvalue weighted by atomic mass is 32.2. The van der Waals surface area contributed by atoms with Crippen molar-refractivity contribution in [2.75, 3.05) is 12.0 Å². The van der Waals surface area contributed by atoms with Crippen LogP contribution in [0.25, 0.3) is 22.2 Å². The molecule has 0 aliphatic heterocycles. The Labute approximate surface area is 174 Å². The maximum absolute atomic E-state index is 14.4. The van der Waals surface area contributed by atoms with E-state index in [1.807, 2.05) is 0 Å². The number of hydrogen-bond donors (Lipinski definition) is 2. The van der Waals surface area contributed by atoms with Crippen LogP contribution in [0.1, 0.15) is 30.7 Å². The Morgan fingerprint density at radius 1 is 1.13 bits per heavy atom. The van der Waals surface area contributed by atoms with Gasteiger partial charge in [0.2, 0.25) is 5.91 Å². The third-order valence-corrected chi connectivity index (χ3v) is 6.30. The average Bonchev–Trinajstić information content (AvgIpc) is 3.02. The number of hydrogen-bond acceptors (Lipinski definition) is 2. The number of amides is 1. The molecule has 1 amide bonds. The van der Waals surface area contributed by atoms with E-state index in [1.165, 1.54) is 18.2 Å². The minimum absolute atomic E-state index is 0.00869. The second-order valence-corrected chi connectivity index (χ2v) is 9.25. The second kappa shape index (κ2) is 8.26. The smallest absolute Gasteiger partial charge is 0.221 e. The molecule has 1 atom stereocenters. The molecule has 1 fully saturated rings. The molecule has 2 N–H and O–H groups in total. The molecule has 158 valence electrons. The van der Waals surface area contributed by atoms with Crippen molar-refractivity contribution in [3.05, 3.63) is 59.4 Å². The number of halogens is 3. The van der Waals surface area contributed by atoms with Gasteiger partial charge >= 0.3 is 0 Å². The van der Waals surface area contributed by atoms with Gasteiger partial charge < -0.3 is 10.3 Å². The number of fused-ring (bicyclic) bond motifs is 1. The molecule has 3 aromatic rings. The zero-order valence-corrected chi connectivity index (χ0v) is 17.1. The summed E-state index contributed by atoms with van der Waals surface area (Å²) < 4.78 is 52.8. The molecule has 0 spiro atoms. The first kappa shape index (κ1) is 20.7. The van der Waals surface area contributed by atoms with Gasteiger partial charge in [-0.05, 0) is 60.2 Å². The van der Waals surface area contributed by atoms with E-state index in [2.05, 4.69) is 10.3 Å². The third-order valence-electron chi connectivity index (χ3n) is 5.53. The Hall–Kier alpha value is -2.61. The molecular weight excluding hydrogens is 413 g/mol. The molecule has 1 heterocycles. The summed E-state index contributed by atoms with van der Waals surface area (Å²) in [6.07, 6.45) is 3.01. The van der Waals surface area contributed by atoms with E-state index < -0.39 is 22.4 Å². The Morgan fingerprint density at radius 2 is 1.83 bits per heavy atom. The van der Waals surface area contributed by atoms with Gasteiger partial charge in [0.15, 0.2) is 0 Å². The van der Waals surface area contributed by atoms with Crippen molar-refractivity contribution in [2.45, 2.75) is 31.2 Å². The molecule has 4 rings (SSSR count). The molecule has 1 aromatic heterocycles. The summed E-state index contributed by atoms with van der Waals surface area (Å²) in [4.78, 5) is 15.0. The predicted molar refractivity (Wildman–Crippen MR) is 111 cm³/mol. The summed E-state index contributed by atoms with van der Waals surface area (Å²) in [5, 5.41) is 3.38. The van der Waals surface area contributed by atoms with E-state index in [0.717, 1.165) is 11.6 Å². The van der Waals surface area contributed by atoms with Crippen LogP contribution in [0.2, 0.25) is 0 Å². The van der Waals surface area contributed by atoms with Crippen molar-refractivity contribution in [3.63, 3.8) is 0 Å². The zero-order valence-electron chi connectivity index (χ0n) is 16.3. The fourth-order valence-electron chi connectivity index (χ4n) is 4.02. The van der Waals surface area contributed by atoms with E-state index in [-0.39, 0.29) is 35.6 Å². The highest BCUT2D eigenvalue weighted by Crippen LogP contribution is 2.45. The van der Waals surface area contributed by atoms with E-state index >= 15 is 0 Å². The lowest BCUT2D eigenvalue weighted by Gasteiger charge is -2.36. The van der Waals surface area contributed by atoms with Crippen molar-refractivity contribution < 1.29 is 22.2 Å². The minimum atomic E-state index is -1.03. The molecular formula is C22H21F3N2O2S. The van der Waals surface area contributed by atoms with E-state index in [0.29, 0.717) is 35.2 Å². The van der Waals surface area contributed by atoms with E-state index in [1.54, 1.807) is 18.4 Å². The van der Waals surface area contributed by atoms with Gasteiger partial charge in [0.25, 0.3) is 0 Å². The number of aromatic nitrogens is 1. The maximum Gasteiger partial charge on any atom is 0.221 e. The van der Waals surface area contributed by atoms with Gasteiger partial charge in [-0.3, -0.25) is 9.00 Å². The number of carbonyl (C=O) groups is 1. The quantitative estimate of drug-likeness (QED) is 0.605. The number of H-pyrrole nitrogens is 1. The zero-order chi connectivity index (χ0) is 21.4. The molecule has 1 saturated carbocycles. The van der Waals surface area contributed by atoms with Crippen LogP contribution in [0.15, 0.2) is 36.4 Å². The predicted octanol–water partition coefficient (Wildman–Crippen LogP) is 4.38. The topological polar surface area (TPSA) is 62.0 Å². The first-order valence-electron chi connectivity index (χ1n) is 9.67. The Balaban J connectivity index is 1.62. The van der Waals surface area contributed by atoms with Gasteiger partial charge in [-0.2, -0.15) is 0 Å². The minimum Gasteiger partial charge on any atom is -0.353 e. The highest BCUT2D eigenvalue weighted by Gasteiger charge is 2.35. The van der Waals surface area contributed by atoms with E-state index in [9.17, 15) is 22.2 Å². The van der Waals surface area contributed by atoms with Gasteiger partial charge in [-0.25, -0.2) is 13.2 Å². The third kappa shape index (κ3) is 4.14. The summed E-state index contributed by atoms with van der Waals surface area (Å²) in [7, 11) is -1.03. The number of carbonyl (C=O) groups excluding carboxylic acids is 1. The highest BCUT2D eigenvalue weighted by molar-refractivity contribution is 7.84. The molecule has 8 heteroatoms. The van der Waals surface area contributed by atoms with Crippen molar-refractivity contribution in [2.24, 2.45) is 0 Å².